The SMILES string of the molecule is CCn1c(COc2ccc([N+](=O)[O-])cc2)n[nH]c1=S. The van der Waals surface area contributed by atoms with Crippen molar-refractivity contribution in [1.29, 1.82) is 0 Å². The Balaban J connectivity index is 2.06. The van der Waals surface area contributed by atoms with Crippen LogP contribution in [0.25, 0.3) is 0 Å². The second-order valence-corrected chi connectivity index (χ2v) is 4.12. The Bertz CT molecular complexity index is 632. The van der Waals surface area contributed by atoms with E-state index in [2.05, 4.69) is 10.2 Å². The van der Waals surface area contributed by atoms with Crippen molar-refractivity contribution in [2.24, 2.45) is 0 Å². The van der Waals surface area contributed by atoms with Crippen LogP contribution in [-0.4, -0.2) is 19.7 Å². The topological polar surface area (TPSA) is 86.0 Å². The Hall–Kier alpha value is -2.22. The van der Waals surface area contributed by atoms with Gasteiger partial charge in [-0.3, -0.25) is 15.2 Å². The summed E-state index contributed by atoms with van der Waals surface area (Å²) < 4.78 is 7.88. The highest BCUT2D eigenvalue weighted by Crippen LogP contribution is 2.18. The lowest BCUT2D eigenvalue weighted by Gasteiger charge is -2.06. The average molecular weight is 280 g/mol. The molecule has 1 N–H and O–H groups in total. The van der Waals surface area contributed by atoms with Crippen LogP contribution in [0.15, 0.2) is 24.3 Å². The molecule has 0 spiro atoms. The molecule has 0 bridgehead atoms. The van der Waals surface area contributed by atoms with Crippen LogP contribution in [0.5, 0.6) is 5.75 Å². The average Bonchev–Trinajstić information content (AvgIpc) is 2.77. The Morgan fingerprint density at radius 3 is 2.74 bits per heavy atom. The van der Waals surface area contributed by atoms with Crippen molar-refractivity contribution in [3.05, 3.63) is 45.0 Å². The molecule has 0 amide bonds. The van der Waals surface area contributed by atoms with Gasteiger partial charge >= 0.3 is 0 Å². The first-order valence-electron chi connectivity index (χ1n) is 5.63. The maximum atomic E-state index is 10.5. The van der Waals surface area contributed by atoms with Gasteiger partial charge in [0.2, 0.25) is 0 Å². The molecule has 0 aliphatic rings. The molecule has 19 heavy (non-hydrogen) atoms. The molecule has 0 unspecified atom stereocenters. The first-order valence-corrected chi connectivity index (χ1v) is 6.04. The van der Waals surface area contributed by atoms with Crippen LogP contribution in [0.1, 0.15) is 12.7 Å². The summed E-state index contributed by atoms with van der Waals surface area (Å²) in [6.45, 7) is 2.91. The van der Waals surface area contributed by atoms with Crippen molar-refractivity contribution >= 4 is 17.9 Å². The summed E-state index contributed by atoms with van der Waals surface area (Å²) in [7, 11) is 0. The molecule has 0 saturated heterocycles. The number of ether oxygens (including phenoxy) is 1. The van der Waals surface area contributed by atoms with Crippen LogP contribution >= 0.6 is 12.2 Å². The van der Waals surface area contributed by atoms with E-state index in [-0.39, 0.29) is 12.3 Å². The summed E-state index contributed by atoms with van der Waals surface area (Å²) in [5.74, 6) is 1.23. The maximum Gasteiger partial charge on any atom is 0.269 e. The Labute approximate surface area is 114 Å². The molecule has 0 fully saturated rings. The third kappa shape index (κ3) is 2.97. The van der Waals surface area contributed by atoms with Crippen molar-refractivity contribution in [3.63, 3.8) is 0 Å². The van der Waals surface area contributed by atoms with Crippen LogP contribution in [0.3, 0.4) is 0 Å². The maximum absolute atomic E-state index is 10.5. The fourth-order valence-electron chi connectivity index (χ4n) is 1.60. The van der Waals surface area contributed by atoms with E-state index in [9.17, 15) is 10.1 Å². The lowest BCUT2D eigenvalue weighted by Crippen LogP contribution is -2.06. The summed E-state index contributed by atoms with van der Waals surface area (Å²) in [5.41, 5.74) is 0.0311. The number of aromatic amines is 1. The number of rotatable bonds is 5. The second-order valence-electron chi connectivity index (χ2n) is 3.73. The fourth-order valence-corrected chi connectivity index (χ4v) is 1.88. The molecule has 1 aromatic heterocycles. The van der Waals surface area contributed by atoms with Gasteiger partial charge in [-0.15, -0.1) is 0 Å². The van der Waals surface area contributed by atoms with Crippen LogP contribution < -0.4 is 4.74 Å². The molecular weight excluding hydrogens is 268 g/mol. The molecule has 0 aliphatic heterocycles. The lowest BCUT2D eigenvalue weighted by molar-refractivity contribution is -0.384. The monoisotopic (exact) mass is 280 g/mol. The minimum atomic E-state index is -0.452. The van der Waals surface area contributed by atoms with Gasteiger partial charge in [0.1, 0.15) is 12.4 Å². The first-order chi connectivity index (χ1) is 9.11. The molecule has 0 radical (unpaired) electrons. The quantitative estimate of drug-likeness (QED) is 0.516. The summed E-state index contributed by atoms with van der Waals surface area (Å²) in [4.78, 5) is 10.1. The van der Waals surface area contributed by atoms with Crippen molar-refractivity contribution in [1.82, 2.24) is 14.8 Å². The van der Waals surface area contributed by atoms with E-state index >= 15 is 0 Å². The number of nitro groups is 1. The third-order valence-corrected chi connectivity index (χ3v) is 2.88. The summed E-state index contributed by atoms with van der Waals surface area (Å²) in [6, 6.07) is 5.89. The van der Waals surface area contributed by atoms with E-state index < -0.39 is 4.92 Å². The van der Waals surface area contributed by atoms with Crippen molar-refractivity contribution in [2.45, 2.75) is 20.1 Å². The molecule has 0 saturated carbocycles. The predicted molar refractivity (Wildman–Crippen MR) is 70.5 cm³/mol. The standard InChI is InChI=1S/C11H12N4O3S/c1-2-14-10(12-13-11(14)19)7-18-9-5-3-8(4-6-9)15(16)17/h3-6H,2,7H2,1H3,(H,13,19). The molecule has 7 nitrogen and oxygen atoms in total. The van der Waals surface area contributed by atoms with E-state index in [1.807, 2.05) is 11.5 Å². The zero-order valence-electron chi connectivity index (χ0n) is 10.2. The molecule has 100 valence electrons. The lowest BCUT2D eigenvalue weighted by atomic mass is 10.3. The Morgan fingerprint density at radius 1 is 1.47 bits per heavy atom. The number of nitrogens with one attached hydrogen (secondary N) is 1. The van der Waals surface area contributed by atoms with Gasteiger partial charge in [0.25, 0.3) is 5.69 Å². The predicted octanol–water partition coefficient (Wildman–Crippen LogP) is 2.45. The van der Waals surface area contributed by atoms with Crippen LogP contribution in [0.2, 0.25) is 0 Å². The number of H-pyrrole nitrogens is 1. The largest absolute Gasteiger partial charge is 0.486 e. The normalized spacial score (nSPS) is 10.4. The van der Waals surface area contributed by atoms with Gasteiger partial charge in [-0.25, -0.2) is 0 Å². The minimum absolute atomic E-state index is 0.0311. The van der Waals surface area contributed by atoms with Gasteiger partial charge in [-0.1, -0.05) is 0 Å². The molecule has 1 heterocycles. The van der Waals surface area contributed by atoms with Crippen molar-refractivity contribution in [3.8, 4) is 5.75 Å². The van der Waals surface area contributed by atoms with E-state index in [1.165, 1.54) is 12.1 Å². The molecule has 2 rings (SSSR count). The number of nitrogens with zero attached hydrogens (tertiary/aromatic N) is 3. The number of hydrogen-bond donors (Lipinski definition) is 1. The fraction of sp³-hybridized carbons (Fsp3) is 0.273. The Morgan fingerprint density at radius 2 is 2.16 bits per heavy atom. The van der Waals surface area contributed by atoms with Crippen LogP contribution in [0.4, 0.5) is 5.69 Å². The smallest absolute Gasteiger partial charge is 0.269 e. The zero-order chi connectivity index (χ0) is 13.8. The summed E-state index contributed by atoms with van der Waals surface area (Å²) in [5, 5.41) is 17.3. The van der Waals surface area contributed by atoms with E-state index in [4.69, 9.17) is 17.0 Å². The van der Waals surface area contributed by atoms with Crippen LogP contribution in [-0.2, 0) is 13.2 Å². The third-order valence-electron chi connectivity index (χ3n) is 2.57. The van der Waals surface area contributed by atoms with Crippen molar-refractivity contribution < 1.29 is 9.66 Å². The van der Waals surface area contributed by atoms with Gasteiger partial charge in [-0.2, -0.15) is 5.10 Å². The van der Waals surface area contributed by atoms with Gasteiger partial charge < -0.3 is 9.30 Å². The van der Waals surface area contributed by atoms with E-state index in [1.54, 1.807) is 12.1 Å². The number of benzene rings is 1. The highest BCUT2D eigenvalue weighted by molar-refractivity contribution is 7.71. The number of nitro benzene ring substituents is 1. The van der Waals surface area contributed by atoms with Crippen LogP contribution in [0, 0.1) is 14.9 Å². The number of non-ortho nitro benzene ring substituents is 1. The molecule has 0 aliphatic carbocycles. The molecule has 1 aromatic carbocycles. The minimum Gasteiger partial charge on any atom is -0.486 e. The van der Waals surface area contributed by atoms with E-state index in [0.717, 1.165) is 0 Å². The first kappa shape index (κ1) is 13.2. The molecule has 2 aromatic rings. The number of hydrogen-bond acceptors (Lipinski definition) is 5. The van der Waals surface area contributed by atoms with E-state index in [0.29, 0.717) is 22.9 Å². The van der Waals surface area contributed by atoms with Gasteiger partial charge in [0.05, 0.1) is 4.92 Å². The molecule has 8 heteroatoms. The Kier molecular flexibility index (Phi) is 3.91. The summed E-state index contributed by atoms with van der Waals surface area (Å²) >= 11 is 5.06. The highest BCUT2D eigenvalue weighted by atomic mass is 32.1. The van der Waals surface area contributed by atoms with Gasteiger partial charge in [-0.05, 0) is 31.3 Å². The summed E-state index contributed by atoms with van der Waals surface area (Å²) in [6.07, 6.45) is 0. The number of aromatic nitrogens is 3. The second kappa shape index (κ2) is 5.61. The van der Waals surface area contributed by atoms with Gasteiger partial charge in [0, 0.05) is 18.7 Å². The molecular formula is C11H12N4O3S. The van der Waals surface area contributed by atoms with Gasteiger partial charge in [0.15, 0.2) is 10.6 Å². The van der Waals surface area contributed by atoms with Crippen molar-refractivity contribution in [2.75, 3.05) is 0 Å². The highest BCUT2D eigenvalue weighted by Gasteiger charge is 2.07. The molecule has 0 atom stereocenters. The zero-order valence-corrected chi connectivity index (χ0v) is 11.0.